The summed E-state index contributed by atoms with van der Waals surface area (Å²) in [6.07, 6.45) is 3.15. The van der Waals surface area contributed by atoms with Gasteiger partial charge in [0, 0.05) is 23.9 Å². The molecule has 1 atom stereocenters. The number of para-hydroxylation sites is 1. The summed E-state index contributed by atoms with van der Waals surface area (Å²) >= 11 is 0. The summed E-state index contributed by atoms with van der Waals surface area (Å²) in [5.41, 5.74) is 2.06. The number of carbonyl (C=O) groups excluding carboxylic acids is 1. The molecule has 4 heteroatoms. The molecule has 2 aromatic rings. The van der Waals surface area contributed by atoms with Crippen molar-refractivity contribution in [1.82, 2.24) is 5.32 Å². The molecule has 0 radical (unpaired) electrons. The van der Waals surface area contributed by atoms with Crippen LogP contribution in [0.15, 0.2) is 28.7 Å². The third-order valence-electron chi connectivity index (χ3n) is 3.68. The number of esters is 1. The molecule has 21 heavy (non-hydrogen) atoms. The first kappa shape index (κ1) is 15.6. The number of ether oxygens (including phenoxy) is 1. The van der Waals surface area contributed by atoms with E-state index < -0.39 is 0 Å². The predicted octanol–water partition coefficient (Wildman–Crippen LogP) is 3.43. The molecule has 4 nitrogen and oxygen atoms in total. The molecule has 0 fully saturated rings. The maximum Gasteiger partial charge on any atom is 0.322 e. The Morgan fingerprint density at radius 2 is 2.14 bits per heavy atom. The van der Waals surface area contributed by atoms with Crippen LogP contribution in [0.1, 0.15) is 38.0 Å². The van der Waals surface area contributed by atoms with Crippen LogP contribution in [-0.4, -0.2) is 19.1 Å². The standard InChI is InChI=1S/C17H23NO3/c1-4-5-9-16-14(11-18-12(2)17(19)20-3)13-8-6-7-10-15(13)21-16/h6-8,10,12,18H,4-5,9,11H2,1-3H3. The lowest BCUT2D eigenvalue weighted by atomic mass is 10.1. The molecular formula is C17H23NO3. The number of aryl methyl sites for hydroxylation is 1. The van der Waals surface area contributed by atoms with Gasteiger partial charge in [-0.1, -0.05) is 31.5 Å². The number of benzene rings is 1. The lowest BCUT2D eigenvalue weighted by Gasteiger charge is -2.11. The number of hydrogen-bond acceptors (Lipinski definition) is 4. The van der Waals surface area contributed by atoms with Gasteiger partial charge in [-0.2, -0.15) is 0 Å². The Labute approximate surface area is 125 Å². The van der Waals surface area contributed by atoms with Crippen LogP contribution in [0.4, 0.5) is 0 Å². The van der Waals surface area contributed by atoms with Gasteiger partial charge in [0.25, 0.3) is 0 Å². The monoisotopic (exact) mass is 289 g/mol. The summed E-state index contributed by atoms with van der Waals surface area (Å²) in [7, 11) is 1.40. The number of nitrogens with one attached hydrogen (secondary N) is 1. The zero-order chi connectivity index (χ0) is 15.2. The fraction of sp³-hybridized carbons (Fsp3) is 0.471. The second kappa shape index (κ2) is 7.27. The van der Waals surface area contributed by atoms with Gasteiger partial charge < -0.3 is 14.5 Å². The Morgan fingerprint density at radius 1 is 1.38 bits per heavy atom. The van der Waals surface area contributed by atoms with E-state index >= 15 is 0 Å². The Bertz CT molecular complexity index is 603. The van der Waals surface area contributed by atoms with Crippen LogP contribution in [0.25, 0.3) is 11.0 Å². The van der Waals surface area contributed by atoms with Crippen molar-refractivity contribution < 1.29 is 13.9 Å². The van der Waals surface area contributed by atoms with Gasteiger partial charge in [0.1, 0.15) is 17.4 Å². The molecule has 1 aromatic carbocycles. The van der Waals surface area contributed by atoms with Crippen LogP contribution in [0.2, 0.25) is 0 Å². The summed E-state index contributed by atoms with van der Waals surface area (Å²) in [6.45, 7) is 4.58. The van der Waals surface area contributed by atoms with Crippen molar-refractivity contribution in [2.75, 3.05) is 7.11 Å². The van der Waals surface area contributed by atoms with Crippen molar-refractivity contribution in [3.05, 3.63) is 35.6 Å². The molecule has 1 N–H and O–H groups in total. The maximum absolute atomic E-state index is 11.5. The topological polar surface area (TPSA) is 51.5 Å². The maximum atomic E-state index is 11.5. The summed E-state index contributed by atoms with van der Waals surface area (Å²) in [5.74, 6) is 0.764. The van der Waals surface area contributed by atoms with Crippen LogP contribution in [0.5, 0.6) is 0 Å². The van der Waals surface area contributed by atoms with E-state index in [0.717, 1.165) is 41.6 Å². The van der Waals surface area contributed by atoms with Crippen molar-refractivity contribution in [2.45, 2.75) is 45.7 Å². The van der Waals surface area contributed by atoms with E-state index in [2.05, 4.69) is 18.3 Å². The minimum absolute atomic E-state index is 0.252. The van der Waals surface area contributed by atoms with E-state index in [1.54, 1.807) is 6.92 Å². The third-order valence-corrected chi connectivity index (χ3v) is 3.68. The normalized spacial score (nSPS) is 12.5. The molecule has 0 aliphatic rings. The van der Waals surface area contributed by atoms with Gasteiger partial charge in [-0.05, 0) is 19.4 Å². The molecule has 0 aliphatic carbocycles. The van der Waals surface area contributed by atoms with E-state index in [9.17, 15) is 4.79 Å². The van der Waals surface area contributed by atoms with Gasteiger partial charge in [-0.3, -0.25) is 4.79 Å². The van der Waals surface area contributed by atoms with Crippen molar-refractivity contribution in [3.8, 4) is 0 Å². The molecule has 1 heterocycles. The molecule has 1 aromatic heterocycles. The molecular weight excluding hydrogens is 266 g/mol. The lowest BCUT2D eigenvalue weighted by Crippen LogP contribution is -2.34. The average Bonchev–Trinajstić information content (AvgIpc) is 2.87. The van der Waals surface area contributed by atoms with Crippen LogP contribution in [-0.2, 0) is 22.5 Å². The highest BCUT2D eigenvalue weighted by Gasteiger charge is 2.17. The minimum atomic E-state index is -0.331. The highest BCUT2D eigenvalue weighted by atomic mass is 16.5. The van der Waals surface area contributed by atoms with E-state index in [1.165, 1.54) is 7.11 Å². The SMILES string of the molecule is CCCCc1oc2ccccc2c1CNC(C)C(=O)OC. The summed E-state index contributed by atoms with van der Waals surface area (Å²) in [6, 6.07) is 7.70. The van der Waals surface area contributed by atoms with Gasteiger partial charge in [0.15, 0.2) is 0 Å². The molecule has 1 unspecified atom stereocenters. The van der Waals surface area contributed by atoms with Gasteiger partial charge >= 0.3 is 5.97 Å². The molecule has 0 amide bonds. The second-order valence-corrected chi connectivity index (χ2v) is 5.23. The molecule has 0 saturated carbocycles. The smallest absolute Gasteiger partial charge is 0.322 e. The molecule has 2 rings (SSSR count). The lowest BCUT2D eigenvalue weighted by molar-refractivity contribution is -0.142. The minimum Gasteiger partial charge on any atom is -0.468 e. The van der Waals surface area contributed by atoms with Crippen molar-refractivity contribution in [3.63, 3.8) is 0 Å². The van der Waals surface area contributed by atoms with Gasteiger partial charge in [0.05, 0.1) is 7.11 Å². The van der Waals surface area contributed by atoms with Crippen LogP contribution >= 0.6 is 0 Å². The predicted molar refractivity (Wildman–Crippen MR) is 83.1 cm³/mol. The van der Waals surface area contributed by atoms with Gasteiger partial charge in [-0.15, -0.1) is 0 Å². The number of rotatable bonds is 7. The molecule has 0 spiro atoms. The number of unbranched alkanes of at least 4 members (excludes halogenated alkanes) is 1. The Hall–Kier alpha value is -1.81. The number of methoxy groups -OCH3 is 1. The fourth-order valence-corrected chi connectivity index (χ4v) is 2.40. The zero-order valence-electron chi connectivity index (χ0n) is 12.9. The number of furan rings is 1. The first-order valence-electron chi connectivity index (χ1n) is 7.47. The Morgan fingerprint density at radius 3 is 2.86 bits per heavy atom. The molecule has 0 bridgehead atoms. The highest BCUT2D eigenvalue weighted by Crippen LogP contribution is 2.27. The Balaban J connectivity index is 2.21. The van der Waals surface area contributed by atoms with Gasteiger partial charge in [0.2, 0.25) is 0 Å². The van der Waals surface area contributed by atoms with Crippen LogP contribution in [0, 0.1) is 0 Å². The van der Waals surface area contributed by atoms with E-state index in [4.69, 9.17) is 9.15 Å². The van der Waals surface area contributed by atoms with E-state index in [0.29, 0.717) is 6.54 Å². The first-order valence-corrected chi connectivity index (χ1v) is 7.47. The average molecular weight is 289 g/mol. The summed E-state index contributed by atoms with van der Waals surface area (Å²) < 4.78 is 10.7. The molecule has 0 aliphatic heterocycles. The van der Waals surface area contributed by atoms with Crippen molar-refractivity contribution in [2.24, 2.45) is 0 Å². The van der Waals surface area contributed by atoms with E-state index in [1.807, 2.05) is 18.2 Å². The summed E-state index contributed by atoms with van der Waals surface area (Å²) in [5, 5.41) is 4.33. The Kier molecular flexibility index (Phi) is 5.39. The third kappa shape index (κ3) is 3.64. The molecule has 0 saturated heterocycles. The highest BCUT2D eigenvalue weighted by molar-refractivity contribution is 5.82. The van der Waals surface area contributed by atoms with E-state index in [-0.39, 0.29) is 12.0 Å². The largest absolute Gasteiger partial charge is 0.468 e. The van der Waals surface area contributed by atoms with Crippen molar-refractivity contribution >= 4 is 16.9 Å². The fourth-order valence-electron chi connectivity index (χ4n) is 2.40. The molecule has 114 valence electrons. The van der Waals surface area contributed by atoms with Crippen molar-refractivity contribution in [1.29, 1.82) is 0 Å². The quantitative estimate of drug-likeness (QED) is 0.793. The number of hydrogen-bond donors (Lipinski definition) is 1. The first-order chi connectivity index (χ1) is 10.2. The number of fused-ring (bicyclic) bond motifs is 1. The second-order valence-electron chi connectivity index (χ2n) is 5.23. The zero-order valence-corrected chi connectivity index (χ0v) is 12.9. The van der Waals surface area contributed by atoms with Crippen LogP contribution < -0.4 is 5.32 Å². The van der Waals surface area contributed by atoms with Crippen LogP contribution in [0.3, 0.4) is 0 Å². The number of carbonyl (C=O) groups is 1. The van der Waals surface area contributed by atoms with Gasteiger partial charge in [-0.25, -0.2) is 0 Å². The summed E-state index contributed by atoms with van der Waals surface area (Å²) in [4.78, 5) is 11.5.